The number of nitro benzene ring substituents is 1. The van der Waals surface area contributed by atoms with Gasteiger partial charge in [-0.15, -0.1) is 11.6 Å². The second-order valence-electron chi connectivity index (χ2n) is 4.30. The van der Waals surface area contributed by atoms with Crippen molar-refractivity contribution in [2.75, 3.05) is 0 Å². The molecule has 0 saturated carbocycles. The SMILES string of the molecule is O=[N+]([O-])c1ccccc1CCC(Cl)c1ccccc1. The van der Waals surface area contributed by atoms with Crippen LogP contribution in [0.4, 0.5) is 5.69 Å². The standard InChI is InChI=1S/C15H14ClNO2/c16-14(12-6-2-1-3-7-12)11-10-13-8-4-5-9-15(13)17(18)19/h1-9,14H,10-11H2. The maximum absolute atomic E-state index is 10.9. The molecule has 1 atom stereocenters. The molecule has 0 amide bonds. The molecule has 2 rings (SSSR count). The average Bonchev–Trinajstić information content (AvgIpc) is 2.46. The molecule has 0 fully saturated rings. The number of halogens is 1. The highest BCUT2D eigenvalue weighted by Gasteiger charge is 2.14. The molecule has 0 aliphatic rings. The van der Waals surface area contributed by atoms with Crippen LogP contribution in [0.1, 0.15) is 22.9 Å². The summed E-state index contributed by atoms with van der Waals surface area (Å²) in [5.41, 5.74) is 1.94. The van der Waals surface area contributed by atoms with E-state index >= 15 is 0 Å². The Bertz CT molecular complexity index is 557. The Morgan fingerprint density at radius 3 is 2.37 bits per heavy atom. The van der Waals surface area contributed by atoms with Crippen LogP contribution in [0, 0.1) is 10.1 Å². The van der Waals surface area contributed by atoms with Gasteiger partial charge in [-0.2, -0.15) is 0 Å². The third kappa shape index (κ3) is 3.55. The normalized spacial score (nSPS) is 12.1. The van der Waals surface area contributed by atoms with Crippen LogP contribution in [0.15, 0.2) is 54.6 Å². The smallest absolute Gasteiger partial charge is 0.258 e. The van der Waals surface area contributed by atoms with Crippen molar-refractivity contribution in [3.05, 3.63) is 75.8 Å². The van der Waals surface area contributed by atoms with Crippen molar-refractivity contribution in [1.82, 2.24) is 0 Å². The van der Waals surface area contributed by atoms with E-state index in [2.05, 4.69) is 0 Å². The van der Waals surface area contributed by atoms with Crippen molar-refractivity contribution in [2.45, 2.75) is 18.2 Å². The summed E-state index contributed by atoms with van der Waals surface area (Å²) < 4.78 is 0. The molecule has 3 nitrogen and oxygen atoms in total. The van der Waals surface area contributed by atoms with Gasteiger partial charge in [0.1, 0.15) is 0 Å². The number of aryl methyl sites for hydroxylation is 1. The minimum absolute atomic E-state index is 0.124. The molecular weight excluding hydrogens is 262 g/mol. The van der Waals surface area contributed by atoms with Gasteiger partial charge in [-0.25, -0.2) is 0 Å². The fourth-order valence-electron chi connectivity index (χ4n) is 2.01. The van der Waals surface area contributed by atoms with Crippen molar-refractivity contribution < 1.29 is 4.92 Å². The van der Waals surface area contributed by atoms with E-state index in [-0.39, 0.29) is 16.0 Å². The van der Waals surface area contributed by atoms with Crippen molar-refractivity contribution in [1.29, 1.82) is 0 Å². The van der Waals surface area contributed by atoms with Crippen molar-refractivity contribution in [3.63, 3.8) is 0 Å². The molecule has 0 bridgehead atoms. The van der Waals surface area contributed by atoms with E-state index in [1.54, 1.807) is 12.1 Å². The van der Waals surface area contributed by atoms with E-state index in [1.807, 2.05) is 36.4 Å². The number of para-hydroxylation sites is 1. The topological polar surface area (TPSA) is 43.1 Å². The van der Waals surface area contributed by atoms with Crippen molar-refractivity contribution in [2.24, 2.45) is 0 Å². The number of nitro groups is 1. The molecule has 0 aliphatic heterocycles. The van der Waals surface area contributed by atoms with Gasteiger partial charge in [-0.05, 0) is 18.4 Å². The largest absolute Gasteiger partial charge is 0.272 e. The highest BCUT2D eigenvalue weighted by molar-refractivity contribution is 6.20. The predicted molar refractivity (Wildman–Crippen MR) is 76.5 cm³/mol. The lowest BCUT2D eigenvalue weighted by Crippen LogP contribution is -1.98. The zero-order chi connectivity index (χ0) is 13.7. The van der Waals surface area contributed by atoms with Gasteiger partial charge in [0.25, 0.3) is 5.69 Å². The number of benzene rings is 2. The molecule has 98 valence electrons. The average molecular weight is 276 g/mol. The second kappa shape index (κ2) is 6.34. The van der Waals surface area contributed by atoms with Crippen molar-refractivity contribution in [3.8, 4) is 0 Å². The van der Waals surface area contributed by atoms with Gasteiger partial charge in [0.15, 0.2) is 0 Å². The summed E-state index contributed by atoms with van der Waals surface area (Å²) in [5, 5.41) is 10.8. The Balaban J connectivity index is 2.05. The number of hydrogen-bond acceptors (Lipinski definition) is 2. The summed E-state index contributed by atoms with van der Waals surface area (Å²) in [6.07, 6.45) is 1.27. The van der Waals surface area contributed by atoms with Gasteiger partial charge in [-0.3, -0.25) is 10.1 Å². The van der Waals surface area contributed by atoms with Crippen LogP contribution in [0.2, 0.25) is 0 Å². The lowest BCUT2D eigenvalue weighted by molar-refractivity contribution is -0.385. The molecular formula is C15H14ClNO2. The van der Waals surface area contributed by atoms with Crippen LogP contribution in [0.5, 0.6) is 0 Å². The maximum atomic E-state index is 10.9. The van der Waals surface area contributed by atoms with E-state index < -0.39 is 0 Å². The lowest BCUT2D eigenvalue weighted by atomic mass is 10.0. The summed E-state index contributed by atoms with van der Waals surface area (Å²) in [5.74, 6) is 0. The molecule has 0 N–H and O–H groups in total. The number of rotatable bonds is 5. The molecule has 2 aromatic carbocycles. The van der Waals surface area contributed by atoms with Crippen molar-refractivity contribution >= 4 is 17.3 Å². The zero-order valence-electron chi connectivity index (χ0n) is 10.3. The van der Waals surface area contributed by atoms with Crippen LogP contribution in [-0.2, 0) is 6.42 Å². The molecule has 0 heterocycles. The second-order valence-corrected chi connectivity index (χ2v) is 4.83. The Labute approximate surface area is 117 Å². The van der Waals surface area contributed by atoms with Gasteiger partial charge >= 0.3 is 0 Å². The van der Waals surface area contributed by atoms with E-state index in [4.69, 9.17) is 11.6 Å². The quantitative estimate of drug-likeness (QED) is 0.458. The molecule has 0 spiro atoms. The molecule has 2 aromatic rings. The van der Waals surface area contributed by atoms with E-state index in [1.165, 1.54) is 6.07 Å². The Kier molecular flexibility index (Phi) is 4.53. The van der Waals surface area contributed by atoms with E-state index in [0.29, 0.717) is 12.8 Å². The molecule has 4 heteroatoms. The maximum Gasteiger partial charge on any atom is 0.272 e. The monoisotopic (exact) mass is 275 g/mol. The van der Waals surface area contributed by atoms with Crippen LogP contribution in [0.25, 0.3) is 0 Å². The number of hydrogen-bond donors (Lipinski definition) is 0. The highest BCUT2D eigenvalue weighted by Crippen LogP contribution is 2.28. The minimum atomic E-state index is -0.346. The predicted octanol–water partition coefficient (Wildman–Crippen LogP) is 4.51. The Morgan fingerprint density at radius 1 is 1.05 bits per heavy atom. The van der Waals surface area contributed by atoms with Gasteiger partial charge in [0.05, 0.1) is 10.3 Å². The third-order valence-corrected chi connectivity index (χ3v) is 3.49. The number of alkyl halides is 1. The van der Waals surface area contributed by atoms with E-state index in [9.17, 15) is 10.1 Å². The van der Waals surface area contributed by atoms with E-state index in [0.717, 1.165) is 11.1 Å². The fourth-order valence-corrected chi connectivity index (χ4v) is 2.27. The summed E-state index contributed by atoms with van der Waals surface area (Å²) in [6.45, 7) is 0. The lowest BCUT2D eigenvalue weighted by Gasteiger charge is -2.09. The first-order valence-electron chi connectivity index (χ1n) is 6.10. The molecule has 19 heavy (non-hydrogen) atoms. The summed E-state index contributed by atoms with van der Waals surface area (Å²) in [7, 11) is 0. The van der Waals surface area contributed by atoms with Gasteiger partial charge in [0, 0.05) is 11.6 Å². The molecule has 0 aromatic heterocycles. The minimum Gasteiger partial charge on any atom is -0.258 e. The van der Waals surface area contributed by atoms with Crippen LogP contribution < -0.4 is 0 Å². The first-order chi connectivity index (χ1) is 9.18. The fraction of sp³-hybridized carbons (Fsp3) is 0.200. The van der Waals surface area contributed by atoms with Gasteiger partial charge < -0.3 is 0 Å². The van der Waals surface area contributed by atoms with Crippen LogP contribution in [0.3, 0.4) is 0 Å². The molecule has 0 radical (unpaired) electrons. The summed E-state index contributed by atoms with van der Waals surface area (Å²) in [6, 6.07) is 16.6. The van der Waals surface area contributed by atoms with Crippen LogP contribution in [-0.4, -0.2) is 4.92 Å². The number of nitrogens with zero attached hydrogens (tertiary/aromatic N) is 1. The highest BCUT2D eigenvalue weighted by atomic mass is 35.5. The van der Waals surface area contributed by atoms with Gasteiger partial charge in [0.2, 0.25) is 0 Å². The Hall–Kier alpha value is -1.87. The first kappa shape index (κ1) is 13.6. The third-order valence-electron chi connectivity index (χ3n) is 3.02. The van der Waals surface area contributed by atoms with Gasteiger partial charge in [-0.1, -0.05) is 48.5 Å². The summed E-state index contributed by atoms with van der Waals surface area (Å²) >= 11 is 6.32. The zero-order valence-corrected chi connectivity index (χ0v) is 11.1. The molecule has 0 aliphatic carbocycles. The van der Waals surface area contributed by atoms with Crippen LogP contribution >= 0.6 is 11.6 Å². The Morgan fingerprint density at radius 2 is 1.68 bits per heavy atom. The molecule has 0 saturated heterocycles. The summed E-state index contributed by atoms with van der Waals surface area (Å²) in [4.78, 5) is 10.6. The molecule has 1 unspecified atom stereocenters. The first-order valence-corrected chi connectivity index (χ1v) is 6.53.